The van der Waals surface area contributed by atoms with Gasteiger partial charge in [0.2, 0.25) is 0 Å². The number of benzene rings is 1. The van der Waals surface area contributed by atoms with Crippen molar-refractivity contribution in [3.63, 3.8) is 0 Å². The van der Waals surface area contributed by atoms with Crippen molar-refractivity contribution >= 4 is 0 Å². The molecule has 1 heteroatoms. The monoisotopic (exact) mass is 242 g/mol. The van der Waals surface area contributed by atoms with Gasteiger partial charge in [-0.15, -0.1) is 6.58 Å². The number of hydrogen-bond acceptors (Lipinski definition) is 1. The molecular weight excluding hydrogens is 220 g/mol. The largest absolute Gasteiger partial charge is 0.508 e. The van der Waals surface area contributed by atoms with Crippen molar-refractivity contribution in [1.82, 2.24) is 0 Å². The van der Waals surface area contributed by atoms with Crippen LogP contribution >= 0.6 is 0 Å². The highest BCUT2D eigenvalue weighted by molar-refractivity contribution is 5.39. The third-order valence-electron chi connectivity index (χ3n) is 5.13. The number of aryl methyl sites for hydroxylation is 1. The van der Waals surface area contributed by atoms with Crippen LogP contribution in [0.2, 0.25) is 0 Å². The predicted octanol–water partition coefficient (Wildman–Crippen LogP) is 4.41. The fraction of sp³-hybridized carbons (Fsp3) is 0.529. The van der Waals surface area contributed by atoms with Gasteiger partial charge in [-0.1, -0.05) is 19.1 Å². The Bertz CT molecular complexity index is 476. The molecule has 2 aliphatic rings. The quantitative estimate of drug-likeness (QED) is 0.723. The summed E-state index contributed by atoms with van der Waals surface area (Å²) in [6, 6.07) is 5.97. The second-order valence-electron chi connectivity index (χ2n) is 6.39. The molecule has 0 radical (unpaired) electrons. The first kappa shape index (κ1) is 11.8. The second kappa shape index (κ2) is 4.15. The standard InChI is InChI=1S/C17H22O/c1-3-17(2)9-8-16-13(11-17)5-4-12-10-14(18)6-7-15(12)16/h3,6-7,10,13,16,18H,1,4-5,8-9,11H2,2H3/t13?,16?,17-/m0/s1. The van der Waals surface area contributed by atoms with E-state index in [0.29, 0.717) is 17.1 Å². The maximum absolute atomic E-state index is 9.59. The van der Waals surface area contributed by atoms with E-state index in [1.54, 1.807) is 0 Å². The molecule has 1 nitrogen and oxygen atoms in total. The zero-order valence-electron chi connectivity index (χ0n) is 11.2. The van der Waals surface area contributed by atoms with E-state index in [1.807, 2.05) is 12.1 Å². The minimum absolute atomic E-state index is 0.343. The molecule has 1 N–H and O–H groups in total. The Morgan fingerprint density at radius 3 is 3.00 bits per heavy atom. The lowest BCUT2D eigenvalue weighted by atomic mass is 9.60. The van der Waals surface area contributed by atoms with Crippen LogP contribution in [0.3, 0.4) is 0 Å². The Balaban J connectivity index is 1.91. The zero-order chi connectivity index (χ0) is 12.8. The molecule has 18 heavy (non-hydrogen) atoms. The van der Waals surface area contributed by atoms with Crippen molar-refractivity contribution in [1.29, 1.82) is 0 Å². The highest BCUT2D eigenvalue weighted by Gasteiger charge is 2.39. The highest BCUT2D eigenvalue weighted by atomic mass is 16.3. The van der Waals surface area contributed by atoms with Gasteiger partial charge in [-0.25, -0.2) is 0 Å². The number of hydrogen-bond donors (Lipinski definition) is 1. The van der Waals surface area contributed by atoms with E-state index in [2.05, 4.69) is 25.6 Å². The Labute approximate surface area is 110 Å². The molecule has 2 aliphatic carbocycles. The van der Waals surface area contributed by atoms with Crippen LogP contribution in [-0.4, -0.2) is 5.11 Å². The summed E-state index contributed by atoms with van der Waals surface area (Å²) >= 11 is 0. The van der Waals surface area contributed by atoms with Crippen molar-refractivity contribution in [3.05, 3.63) is 42.0 Å². The van der Waals surface area contributed by atoms with E-state index < -0.39 is 0 Å². The maximum atomic E-state index is 9.59. The molecule has 0 aliphatic heterocycles. The molecule has 1 aromatic rings. The van der Waals surface area contributed by atoms with E-state index in [9.17, 15) is 5.11 Å². The average Bonchev–Trinajstić information content (AvgIpc) is 2.38. The van der Waals surface area contributed by atoms with Gasteiger partial charge in [0.15, 0.2) is 0 Å². The van der Waals surface area contributed by atoms with Gasteiger partial charge in [-0.2, -0.15) is 0 Å². The zero-order valence-corrected chi connectivity index (χ0v) is 11.2. The number of phenolic OH excluding ortho intramolecular Hbond substituents is 1. The molecular formula is C17H22O. The van der Waals surface area contributed by atoms with Gasteiger partial charge < -0.3 is 5.11 Å². The van der Waals surface area contributed by atoms with Gasteiger partial charge in [0.1, 0.15) is 5.75 Å². The first-order chi connectivity index (χ1) is 8.61. The molecule has 0 saturated heterocycles. The van der Waals surface area contributed by atoms with Crippen molar-refractivity contribution in [2.45, 2.75) is 44.9 Å². The minimum Gasteiger partial charge on any atom is -0.508 e. The number of aromatic hydroxyl groups is 1. The molecule has 0 bridgehead atoms. The van der Waals surface area contributed by atoms with E-state index in [1.165, 1.54) is 36.8 Å². The van der Waals surface area contributed by atoms with Crippen molar-refractivity contribution in [2.24, 2.45) is 11.3 Å². The first-order valence-corrected chi connectivity index (χ1v) is 7.07. The summed E-state index contributed by atoms with van der Waals surface area (Å²) in [7, 11) is 0. The molecule has 1 saturated carbocycles. The fourth-order valence-corrected chi connectivity index (χ4v) is 3.97. The summed E-state index contributed by atoms with van der Waals surface area (Å²) in [6.45, 7) is 6.37. The Morgan fingerprint density at radius 1 is 1.39 bits per heavy atom. The van der Waals surface area contributed by atoms with Gasteiger partial charge in [0.05, 0.1) is 0 Å². The summed E-state index contributed by atoms with van der Waals surface area (Å²) in [4.78, 5) is 0. The van der Waals surface area contributed by atoms with Gasteiger partial charge in [-0.05, 0) is 72.6 Å². The van der Waals surface area contributed by atoms with Gasteiger partial charge in [-0.3, -0.25) is 0 Å². The third-order valence-corrected chi connectivity index (χ3v) is 5.13. The average molecular weight is 242 g/mol. The van der Waals surface area contributed by atoms with Crippen molar-refractivity contribution in [2.75, 3.05) is 0 Å². The van der Waals surface area contributed by atoms with Crippen molar-refractivity contribution < 1.29 is 5.11 Å². The molecule has 0 amide bonds. The van der Waals surface area contributed by atoms with Crippen LogP contribution < -0.4 is 0 Å². The van der Waals surface area contributed by atoms with Crippen LogP contribution in [0.25, 0.3) is 0 Å². The smallest absolute Gasteiger partial charge is 0.115 e. The molecule has 2 unspecified atom stereocenters. The van der Waals surface area contributed by atoms with Gasteiger partial charge in [0, 0.05) is 0 Å². The molecule has 1 fully saturated rings. The lowest BCUT2D eigenvalue weighted by molar-refractivity contribution is 0.167. The summed E-state index contributed by atoms with van der Waals surface area (Å²) in [5.41, 5.74) is 3.21. The van der Waals surface area contributed by atoms with E-state index in [4.69, 9.17) is 0 Å². The van der Waals surface area contributed by atoms with Crippen LogP contribution in [0, 0.1) is 11.3 Å². The number of phenols is 1. The predicted molar refractivity (Wildman–Crippen MR) is 74.8 cm³/mol. The summed E-state index contributed by atoms with van der Waals surface area (Å²) in [5, 5.41) is 9.59. The number of rotatable bonds is 1. The second-order valence-corrected chi connectivity index (χ2v) is 6.39. The molecule has 0 heterocycles. The summed E-state index contributed by atoms with van der Waals surface area (Å²) in [6.07, 6.45) is 8.35. The van der Waals surface area contributed by atoms with Crippen LogP contribution in [0.4, 0.5) is 0 Å². The first-order valence-electron chi connectivity index (χ1n) is 7.07. The lowest BCUT2D eigenvalue weighted by Crippen LogP contribution is -2.32. The molecule has 1 aromatic carbocycles. The SMILES string of the molecule is C=C[C@@]1(C)CCC2c3ccc(O)cc3CCC2C1. The topological polar surface area (TPSA) is 20.2 Å². The Kier molecular flexibility index (Phi) is 2.73. The molecule has 96 valence electrons. The van der Waals surface area contributed by atoms with Crippen LogP contribution in [0.1, 0.15) is 49.7 Å². The number of fused-ring (bicyclic) bond motifs is 3. The summed E-state index contributed by atoms with van der Waals surface area (Å²) < 4.78 is 0. The summed E-state index contributed by atoms with van der Waals surface area (Å²) in [5.74, 6) is 1.93. The van der Waals surface area contributed by atoms with E-state index >= 15 is 0 Å². The van der Waals surface area contributed by atoms with Crippen LogP contribution in [0.15, 0.2) is 30.9 Å². The maximum Gasteiger partial charge on any atom is 0.115 e. The fourth-order valence-electron chi connectivity index (χ4n) is 3.97. The highest BCUT2D eigenvalue weighted by Crippen LogP contribution is 2.51. The lowest BCUT2D eigenvalue weighted by Gasteiger charge is -2.44. The normalized spacial score (nSPS) is 34.5. The molecule has 3 atom stereocenters. The van der Waals surface area contributed by atoms with Gasteiger partial charge in [0.25, 0.3) is 0 Å². The molecule has 3 rings (SSSR count). The van der Waals surface area contributed by atoms with Gasteiger partial charge >= 0.3 is 0 Å². The number of allylic oxidation sites excluding steroid dienone is 1. The minimum atomic E-state index is 0.343. The molecule has 0 aromatic heterocycles. The van der Waals surface area contributed by atoms with E-state index in [0.717, 1.165) is 12.3 Å². The Hall–Kier alpha value is -1.24. The third kappa shape index (κ3) is 1.86. The van der Waals surface area contributed by atoms with E-state index in [-0.39, 0.29) is 0 Å². The van der Waals surface area contributed by atoms with Crippen molar-refractivity contribution in [3.8, 4) is 5.75 Å². The molecule has 0 spiro atoms. The Morgan fingerprint density at radius 2 is 2.22 bits per heavy atom. The van der Waals surface area contributed by atoms with Crippen LogP contribution in [0.5, 0.6) is 5.75 Å². The van der Waals surface area contributed by atoms with Crippen LogP contribution in [-0.2, 0) is 6.42 Å².